The number of benzene rings is 2. The van der Waals surface area contributed by atoms with Crippen molar-refractivity contribution in [1.82, 2.24) is 20.0 Å². The molecular weight excluding hydrogens is 557 g/mol. The molecule has 3 saturated heterocycles. The number of amides is 4. The Morgan fingerprint density at radius 1 is 1.00 bits per heavy atom. The number of anilines is 1. The Hall–Kier alpha value is -4.19. The van der Waals surface area contributed by atoms with Crippen LogP contribution in [0.1, 0.15) is 53.6 Å². The Morgan fingerprint density at radius 3 is 2.58 bits per heavy atom. The lowest BCUT2D eigenvalue weighted by atomic mass is 10.0. The normalized spacial score (nSPS) is 22.9. The molecule has 43 heavy (non-hydrogen) atoms. The third-order valence-corrected chi connectivity index (χ3v) is 8.99. The van der Waals surface area contributed by atoms with Gasteiger partial charge in [-0.1, -0.05) is 6.42 Å². The predicted octanol–water partition coefficient (Wildman–Crippen LogP) is 2.82. The fourth-order valence-corrected chi connectivity index (χ4v) is 6.64. The van der Waals surface area contributed by atoms with Crippen LogP contribution in [0, 0.1) is 5.82 Å². The first-order valence-corrected chi connectivity index (χ1v) is 14.9. The maximum Gasteiger partial charge on any atom is 0.407 e. The van der Waals surface area contributed by atoms with Gasteiger partial charge >= 0.3 is 6.09 Å². The van der Waals surface area contributed by atoms with Crippen LogP contribution in [0.4, 0.5) is 14.9 Å². The van der Waals surface area contributed by atoms with Crippen LogP contribution in [0.5, 0.6) is 5.75 Å². The van der Waals surface area contributed by atoms with Crippen molar-refractivity contribution in [1.29, 1.82) is 0 Å². The van der Waals surface area contributed by atoms with Crippen LogP contribution in [0.3, 0.4) is 0 Å². The summed E-state index contributed by atoms with van der Waals surface area (Å²) in [6.45, 7) is 4.06. The van der Waals surface area contributed by atoms with Crippen LogP contribution in [0.15, 0.2) is 36.4 Å². The number of hydrogen-bond acceptors (Lipinski definition) is 7. The standard InChI is InChI=1S/C31H36FN5O6/c32-22-4-7-26(34-11-13-35(14-12-34)31(41)42)21(15-22)17-36-10-2-1-3-23(36)19-43-24-5-6-25-20(16-24)18-37(30(25)40)27-8-9-28(38)33-29(27)39/h4-7,15-16,23,27H,1-3,8-14,17-19H2,(H,41,42)(H,33,38,39)/t23-,27?/m1/s1. The number of piperidine rings is 2. The third kappa shape index (κ3) is 6.15. The van der Waals surface area contributed by atoms with Crippen LogP contribution in [0.2, 0.25) is 0 Å². The van der Waals surface area contributed by atoms with E-state index in [9.17, 15) is 28.7 Å². The zero-order valence-electron chi connectivity index (χ0n) is 24.0. The number of fused-ring (bicyclic) bond motifs is 1. The molecule has 1 unspecified atom stereocenters. The average Bonchev–Trinajstić information content (AvgIpc) is 3.32. The van der Waals surface area contributed by atoms with Gasteiger partial charge in [-0.2, -0.15) is 0 Å². The molecule has 2 N–H and O–H groups in total. The number of piperazine rings is 1. The number of rotatable bonds is 7. The number of carboxylic acid groups (broad SMARTS) is 1. The van der Waals surface area contributed by atoms with Crippen LogP contribution >= 0.6 is 0 Å². The number of carbonyl (C=O) groups is 4. The Kier molecular flexibility index (Phi) is 8.20. The second-order valence-corrected chi connectivity index (χ2v) is 11.7. The van der Waals surface area contributed by atoms with Gasteiger partial charge in [-0.15, -0.1) is 0 Å². The highest BCUT2D eigenvalue weighted by Crippen LogP contribution is 2.31. The average molecular weight is 594 g/mol. The largest absolute Gasteiger partial charge is 0.492 e. The fraction of sp³-hybridized carbons (Fsp3) is 0.484. The van der Waals surface area contributed by atoms with Gasteiger partial charge in [0.2, 0.25) is 11.8 Å². The number of carbonyl (C=O) groups excluding carboxylic acids is 3. The quantitative estimate of drug-likeness (QED) is 0.470. The van der Waals surface area contributed by atoms with Crippen LogP contribution in [0.25, 0.3) is 0 Å². The summed E-state index contributed by atoms with van der Waals surface area (Å²) in [4.78, 5) is 55.7. The number of nitrogens with zero attached hydrogens (tertiary/aromatic N) is 4. The number of hydrogen-bond donors (Lipinski definition) is 2. The zero-order chi connectivity index (χ0) is 30.1. The van der Waals surface area contributed by atoms with Gasteiger partial charge in [-0.05, 0) is 73.3 Å². The van der Waals surface area contributed by atoms with E-state index < -0.39 is 18.0 Å². The molecule has 6 rings (SSSR count). The molecule has 4 heterocycles. The van der Waals surface area contributed by atoms with Crippen molar-refractivity contribution < 1.29 is 33.4 Å². The van der Waals surface area contributed by atoms with E-state index in [0.717, 1.165) is 42.6 Å². The maximum absolute atomic E-state index is 14.4. The molecule has 228 valence electrons. The molecule has 2 aromatic rings. The molecule has 11 nitrogen and oxygen atoms in total. The molecule has 12 heteroatoms. The van der Waals surface area contributed by atoms with Crippen LogP contribution in [-0.2, 0) is 22.7 Å². The van der Waals surface area contributed by atoms with Gasteiger partial charge in [0.15, 0.2) is 0 Å². The maximum atomic E-state index is 14.4. The minimum absolute atomic E-state index is 0.114. The summed E-state index contributed by atoms with van der Waals surface area (Å²) < 4.78 is 20.7. The molecule has 0 spiro atoms. The zero-order valence-corrected chi connectivity index (χ0v) is 24.0. The number of ether oxygens (including phenoxy) is 1. The van der Waals surface area contributed by atoms with E-state index in [4.69, 9.17) is 4.74 Å². The fourth-order valence-electron chi connectivity index (χ4n) is 6.64. The monoisotopic (exact) mass is 593 g/mol. The molecule has 2 aromatic carbocycles. The van der Waals surface area contributed by atoms with Crippen molar-refractivity contribution in [3.8, 4) is 5.75 Å². The molecule has 4 aliphatic heterocycles. The van der Waals surface area contributed by atoms with Crippen molar-refractivity contribution in [2.45, 2.75) is 57.3 Å². The highest BCUT2D eigenvalue weighted by Gasteiger charge is 2.39. The van der Waals surface area contributed by atoms with Crippen molar-refractivity contribution in [2.24, 2.45) is 0 Å². The van der Waals surface area contributed by atoms with Crippen molar-refractivity contribution in [3.05, 3.63) is 58.9 Å². The summed E-state index contributed by atoms with van der Waals surface area (Å²) in [6.07, 6.45) is 2.65. The van der Waals surface area contributed by atoms with E-state index in [1.165, 1.54) is 15.9 Å². The Balaban J connectivity index is 1.11. The minimum Gasteiger partial charge on any atom is -0.492 e. The highest BCUT2D eigenvalue weighted by atomic mass is 19.1. The lowest BCUT2D eigenvalue weighted by Gasteiger charge is -2.38. The number of halogens is 1. The summed E-state index contributed by atoms with van der Waals surface area (Å²) in [6, 6.07) is 9.65. The van der Waals surface area contributed by atoms with Gasteiger partial charge in [-0.3, -0.25) is 24.6 Å². The number of likely N-dealkylation sites (tertiary alicyclic amines) is 1. The third-order valence-electron chi connectivity index (χ3n) is 8.99. The topological polar surface area (TPSA) is 123 Å². The molecule has 2 atom stereocenters. The minimum atomic E-state index is -0.920. The lowest BCUT2D eigenvalue weighted by molar-refractivity contribution is -0.136. The van der Waals surface area contributed by atoms with Crippen molar-refractivity contribution >= 4 is 29.5 Å². The van der Waals surface area contributed by atoms with E-state index >= 15 is 0 Å². The number of nitrogens with one attached hydrogen (secondary N) is 1. The van der Waals surface area contributed by atoms with Crippen LogP contribution in [-0.4, -0.2) is 95.0 Å². The van der Waals surface area contributed by atoms with Crippen LogP contribution < -0.4 is 15.0 Å². The number of imide groups is 1. The van der Waals surface area contributed by atoms with E-state index in [0.29, 0.717) is 57.1 Å². The Morgan fingerprint density at radius 2 is 1.81 bits per heavy atom. The summed E-state index contributed by atoms with van der Waals surface area (Å²) in [7, 11) is 0. The first-order chi connectivity index (χ1) is 20.8. The molecule has 0 aliphatic carbocycles. The predicted molar refractivity (Wildman–Crippen MR) is 154 cm³/mol. The molecule has 3 fully saturated rings. The van der Waals surface area contributed by atoms with E-state index in [1.54, 1.807) is 24.3 Å². The lowest BCUT2D eigenvalue weighted by Crippen LogP contribution is -2.52. The van der Waals surface area contributed by atoms with Gasteiger partial charge in [0, 0.05) is 63.0 Å². The highest BCUT2D eigenvalue weighted by molar-refractivity contribution is 6.05. The molecule has 0 bridgehead atoms. The summed E-state index contributed by atoms with van der Waals surface area (Å²) >= 11 is 0. The molecule has 4 amide bonds. The van der Waals surface area contributed by atoms with Gasteiger partial charge in [-0.25, -0.2) is 9.18 Å². The summed E-state index contributed by atoms with van der Waals surface area (Å²) in [5, 5.41) is 11.6. The van der Waals surface area contributed by atoms with E-state index in [-0.39, 0.29) is 36.6 Å². The SMILES string of the molecule is O=C1CCC(N2Cc3cc(OC[C@H]4CCCCN4Cc4cc(F)ccc4N4CCN(C(=O)O)CC4)ccc3C2=O)C(=O)N1. The molecule has 4 aliphatic rings. The summed E-state index contributed by atoms with van der Waals surface area (Å²) in [5.74, 6) is -0.623. The van der Waals surface area contributed by atoms with Crippen molar-refractivity contribution in [3.63, 3.8) is 0 Å². The molecule has 0 saturated carbocycles. The van der Waals surface area contributed by atoms with Gasteiger partial charge in [0.05, 0.1) is 0 Å². The Labute approximate surface area is 249 Å². The first kappa shape index (κ1) is 28.9. The van der Waals surface area contributed by atoms with E-state index in [2.05, 4.69) is 15.1 Å². The van der Waals surface area contributed by atoms with E-state index in [1.807, 2.05) is 6.07 Å². The first-order valence-electron chi connectivity index (χ1n) is 14.9. The smallest absolute Gasteiger partial charge is 0.407 e. The molecule has 0 radical (unpaired) electrons. The van der Waals surface area contributed by atoms with Gasteiger partial charge < -0.3 is 24.5 Å². The molecular formula is C31H36FN5O6. The van der Waals surface area contributed by atoms with Gasteiger partial charge in [0.1, 0.15) is 24.2 Å². The van der Waals surface area contributed by atoms with Gasteiger partial charge in [0.25, 0.3) is 5.91 Å². The second-order valence-electron chi connectivity index (χ2n) is 11.7. The van der Waals surface area contributed by atoms with Crippen molar-refractivity contribution in [2.75, 3.05) is 44.2 Å². The second kappa shape index (κ2) is 12.2. The Bertz CT molecular complexity index is 1430. The molecule has 0 aromatic heterocycles. The summed E-state index contributed by atoms with van der Waals surface area (Å²) in [5.41, 5.74) is 3.14.